The predicted molar refractivity (Wildman–Crippen MR) is 67.8 cm³/mol. The molecule has 1 rings (SSSR count). The van der Waals surface area contributed by atoms with Crippen molar-refractivity contribution in [2.24, 2.45) is 0 Å². The van der Waals surface area contributed by atoms with E-state index in [0.717, 1.165) is 6.26 Å². The zero-order valence-corrected chi connectivity index (χ0v) is 11.4. The third kappa shape index (κ3) is 4.10. The van der Waals surface area contributed by atoms with Crippen molar-refractivity contribution in [1.82, 2.24) is 4.90 Å². The number of rotatable bonds is 4. The average molecular weight is 273 g/mol. The normalized spacial score (nSPS) is 11.3. The van der Waals surface area contributed by atoms with E-state index >= 15 is 0 Å². The van der Waals surface area contributed by atoms with E-state index in [1.54, 1.807) is 6.92 Å². The minimum Gasteiger partial charge on any atom is -0.341 e. The van der Waals surface area contributed by atoms with E-state index < -0.39 is 15.7 Å². The maximum absolute atomic E-state index is 12.9. The van der Waals surface area contributed by atoms with E-state index in [1.165, 1.54) is 30.1 Å². The molecular formula is C12H16FNO3S. The number of carbonyl (C=O) groups is 1. The monoisotopic (exact) mass is 273 g/mol. The van der Waals surface area contributed by atoms with Crippen LogP contribution in [0.2, 0.25) is 0 Å². The van der Waals surface area contributed by atoms with Crippen molar-refractivity contribution in [1.29, 1.82) is 0 Å². The lowest BCUT2D eigenvalue weighted by molar-refractivity contribution is 0.0802. The Morgan fingerprint density at radius 3 is 2.50 bits per heavy atom. The molecule has 18 heavy (non-hydrogen) atoms. The average Bonchev–Trinajstić information content (AvgIpc) is 2.24. The molecule has 100 valence electrons. The van der Waals surface area contributed by atoms with E-state index in [9.17, 15) is 17.6 Å². The van der Waals surface area contributed by atoms with E-state index in [-0.39, 0.29) is 18.2 Å². The first-order valence-electron chi connectivity index (χ1n) is 5.40. The first-order valence-corrected chi connectivity index (χ1v) is 7.46. The summed E-state index contributed by atoms with van der Waals surface area (Å²) < 4.78 is 34.9. The van der Waals surface area contributed by atoms with Crippen LogP contribution < -0.4 is 0 Å². The van der Waals surface area contributed by atoms with Gasteiger partial charge in [-0.25, -0.2) is 12.8 Å². The molecule has 0 aliphatic carbocycles. The Hall–Kier alpha value is -1.43. The smallest absolute Gasteiger partial charge is 0.253 e. The van der Waals surface area contributed by atoms with E-state index in [4.69, 9.17) is 0 Å². The number of halogens is 1. The van der Waals surface area contributed by atoms with Crippen LogP contribution in [0.1, 0.15) is 15.9 Å². The van der Waals surface area contributed by atoms with Crippen LogP contribution in [-0.2, 0) is 9.84 Å². The number of hydrogen-bond acceptors (Lipinski definition) is 3. The minimum atomic E-state index is -3.11. The van der Waals surface area contributed by atoms with Crippen LogP contribution in [-0.4, -0.2) is 44.8 Å². The summed E-state index contributed by atoms with van der Waals surface area (Å²) >= 11 is 0. The maximum Gasteiger partial charge on any atom is 0.253 e. The molecule has 0 fully saturated rings. The predicted octanol–water partition coefficient (Wildman–Crippen LogP) is 1.25. The number of sulfone groups is 1. The number of carbonyl (C=O) groups excluding carboxylic acids is 1. The lowest BCUT2D eigenvalue weighted by atomic mass is 10.1. The van der Waals surface area contributed by atoms with E-state index in [1.807, 2.05) is 0 Å². The zero-order valence-electron chi connectivity index (χ0n) is 10.6. The standard InChI is InChI=1S/C12H16FNO3S/c1-9-8-10(13)4-5-11(9)12(15)14(2)6-7-18(3,16)17/h4-5,8H,6-7H2,1-3H3. The molecule has 0 aliphatic heterocycles. The van der Waals surface area contributed by atoms with Crippen molar-refractivity contribution < 1.29 is 17.6 Å². The fraction of sp³-hybridized carbons (Fsp3) is 0.417. The summed E-state index contributed by atoms with van der Waals surface area (Å²) in [6.07, 6.45) is 1.12. The van der Waals surface area contributed by atoms with Gasteiger partial charge in [-0.2, -0.15) is 0 Å². The second kappa shape index (κ2) is 5.48. The third-order valence-corrected chi connectivity index (χ3v) is 3.49. The summed E-state index contributed by atoms with van der Waals surface area (Å²) in [5, 5.41) is 0. The molecule has 0 radical (unpaired) electrons. The quantitative estimate of drug-likeness (QED) is 0.829. The Morgan fingerprint density at radius 2 is 2.00 bits per heavy atom. The highest BCUT2D eigenvalue weighted by molar-refractivity contribution is 7.90. The third-order valence-electron chi connectivity index (χ3n) is 2.56. The van der Waals surface area contributed by atoms with Gasteiger partial charge in [-0.05, 0) is 30.7 Å². The van der Waals surface area contributed by atoms with Crippen molar-refractivity contribution in [3.05, 3.63) is 35.1 Å². The van der Waals surface area contributed by atoms with Gasteiger partial charge in [0.15, 0.2) is 0 Å². The molecule has 1 amide bonds. The molecule has 1 aromatic carbocycles. The van der Waals surface area contributed by atoms with E-state index in [0.29, 0.717) is 11.1 Å². The van der Waals surface area contributed by atoms with Crippen LogP contribution >= 0.6 is 0 Å². The van der Waals surface area contributed by atoms with Gasteiger partial charge in [0.2, 0.25) is 0 Å². The SMILES string of the molecule is Cc1cc(F)ccc1C(=O)N(C)CCS(C)(=O)=O. The summed E-state index contributed by atoms with van der Waals surface area (Å²) in [5.41, 5.74) is 0.915. The fourth-order valence-electron chi connectivity index (χ4n) is 1.48. The van der Waals surface area contributed by atoms with Gasteiger partial charge in [-0.15, -0.1) is 0 Å². The first-order chi connectivity index (χ1) is 8.20. The van der Waals surface area contributed by atoms with Crippen molar-refractivity contribution in [2.75, 3.05) is 25.6 Å². The molecule has 0 heterocycles. The van der Waals surface area contributed by atoms with Gasteiger partial charge in [0, 0.05) is 25.4 Å². The van der Waals surface area contributed by atoms with Gasteiger partial charge in [0.25, 0.3) is 5.91 Å². The van der Waals surface area contributed by atoms with Crippen LogP contribution in [0.3, 0.4) is 0 Å². The number of amides is 1. The first kappa shape index (κ1) is 14.6. The zero-order chi connectivity index (χ0) is 13.9. The van der Waals surface area contributed by atoms with Crippen molar-refractivity contribution in [3.63, 3.8) is 0 Å². The Balaban J connectivity index is 2.80. The molecule has 0 atom stereocenters. The van der Waals surface area contributed by atoms with E-state index in [2.05, 4.69) is 0 Å². The van der Waals surface area contributed by atoms with Gasteiger partial charge < -0.3 is 4.90 Å². The Morgan fingerprint density at radius 1 is 1.39 bits per heavy atom. The minimum absolute atomic E-state index is 0.0878. The second-order valence-electron chi connectivity index (χ2n) is 4.32. The van der Waals surface area contributed by atoms with Crippen molar-refractivity contribution >= 4 is 15.7 Å². The Bertz CT molecular complexity index is 554. The highest BCUT2D eigenvalue weighted by atomic mass is 32.2. The molecule has 1 aromatic rings. The second-order valence-corrected chi connectivity index (χ2v) is 6.58. The molecule has 0 bridgehead atoms. The summed E-state index contributed by atoms with van der Waals surface area (Å²) in [4.78, 5) is 13.3. The molecule has 0 spiro atoms. The summed E-state index contributed by atoms with van der Waals surface area (Å²) in [5.74, 6) is -0.797. The van der Waals surface area contributed by atoms with Gasteiger partial charge in [-0.3, -0.25) is 4.79 Å². The molecule has 0 N–H and O–H groups in total. The van der Waals surface area contributed by atoms with Gasteiger partial charge in [-0.1, -0.05) is 0 Å². The van der Waals surface area contributed by atoms with Gasteiger partial charge in [0.05, 0.1) is 5.75 Å². The highest BCUT2D eigenvalue weighted by Crippen LogP contribution is 2.12. The highest BCUT2D eigenvalue weighted by Gasteiger charge is 2.15. The maximum atomic E-state index is 12.9. The van der Waals surface area contributed by atoms with Crippen LogP contribution in [0.25, 0.3) is 0 Å². The van der Waals surface area contributed by atoms with Gasteiger partial charge in [0.1, 0.15) is 15.7 Å². The molecule has 0 saturated heterocycles. The summed E-state index contributed by atoms with van der Waals surface area (Å²) in [6, 6.07) is 3.90. The topological polar surface area (TPSA) is 54.5 Å². The van der Waals surface area contributed by atoms with Crippen molar-refractivity contribution in [2.45, 2.75) is 6.92 Å². The molecule has 6 heteroatoms. The molecule has 4 nitrogen and oxygen atoms in total. The van der Waals surface area contributed by atoms with Crippen molar-refractivity contribution in [3.8, 4) is 0 Å². The molecule has 0 aromatic heterocycles. The Labute approximate surface area is 106 Å². The number of hydrogen-bond donors (Lipinski definition) is 0. The Kier molecular flexibility index (Phi) is 4.45. The number of aryl methyl sites for hydroxylation is 1. The number of benzene rings is 1. The molecule has 0 aliphatic rings. The number of nitrogens with zero attached hydrogens (tertiary/aromatic N) is 1. The van der Waals surface area contributed by atoms with Gasteiger partial charge >= 0.3 is 0 Å². The lowest BCUT2D eigenvalue weighted by Gasteiger charge is -2.17. The molecular weight excluding hydrogens is 257 g/mol. The van der Waals surface area contributed by atoms with Crippen LogP contribution in [0.5, 0.6) is 0 Å². The molecule has 0 saturated carbocycles. The summed E-state index contributed by atoms with van der Waals surface area (Å²) in [6.45, 7) is 1.76. The molecule has 0 unspecified atom stereocenters. The summed E-state index contributed by atoms with van der Waals surface area (Å²) in [7, 11) is -1.58. The van der Waals surface area contributed by atoms with Crippen LogP contribution in [0, 0.1) is 12.7 Å². The van der Waals surface area contributed by atoms with Crippen LogP contribution in [0.4, 0.5) is 4.39 Å². The lowest BCUT2D eigenvalue weighted by Crippen LogP contribution is -2.31. The fourth-order valence-corrected chi connectivity index (χ4v) is 2.08. The largest absolute Gasteiger partial charge is 0.341 e. The van der Waals surface area contributed by atoms with Crippen LogP contribution in [0.15, 0.2) is 18.2 Å².